The molecule has 10 heteroatoms. The Kier molecular flexibility index (Phi) is 11.7. The number of carbonyl (C=O) groups is 4. The van der Waals surface area contributed by atoms with E-state index >= 15 is 0 Å². The van der Waals surface area contributed by atoms with Crippen molar-refractivity contribution in [2.45, 2.75) is 71.7 Å². The van der Waals surface area contributed by atoms with E-state index in [2.05, 4.69) is 21.3 Å². The summed E-state index contributed by atoms with van der Waals surface area (Å²) >= 11 is 0. The Balaban J connectivity index is 1.99. The predicted octanol–water partition coefficient (Wildman–Crippen LogP) is 1.47. The summed E-state index contributed by atoms with van der Waals surface area (Å²) in [5.74, 6) is -1.46. The lowest BCUT2D eigenvalue weighted by molar-refractivity contribution is -0.131. The maximum absolute atomic E-state index is 13.1. The molecule has 1 aliphatic heterocycles. The zero-order valence-corrected chi connectivity index (χ0v) is 21.6. The van der Waals surface area contributed by atoms with Gasteiger partial charge in [-0.25, -0.2) is 4.79 Å². The zero-order valence-electron chi connectivity index (χ0n) is 21.6. The Labute approximate surface area is 212 Å². The fraction of sp³-hybridized carbons (Fsp3) is 0.615. The number of hydrogen-bond acceptors (Lipinski definition) is 6. The number of benzene rings is 1. The van der Waals surface area contributed by atoms with E-state index in [1.807, 2.05) is 44.2 Å². The highest BCUT2D eigenvalue weighted by Gasteiger charge is 2.32. The first kappa shape index (κ1) is 29.1. The summed E-state index contributed by atoms with van der Waals surface area (Å²) in [6, 6.07) is 6.81. The van der Waals surface area contributed by atoms with E-state index in [9.17, 15) is 24.3 Å². The molecule has 36 heavy (non-hydrogen) atoms. The largest absolute Gasteiger partial charge is 0.445 e. The minimum Gasteiger partial charge on any atom is -0.445 e. The van der Waals surface area contributed by atoms with Crippen molar-refractivity contribution >= 4 is 23.8 Å². The van der Waals surface area contributed by atoms with E-state index in [0.717, 1.165) is 5.56 Å². The molecule has 0 bridgehead atoms. The van der Waals surface area contributed by atoms with Crippen LogP contribution in [0.2, 0.25) is 0 Å². The summed E-state index contributed by atoms with van der Waals surface area (Å²) < 4.78 is 5.25. The van der Waals surface area contributed by atoms with Crippen molar-refractivity contribution in [2.75, 3.05) is 13.2 Å². The first-order valence-corrected chi connectivity index (χ1v) is 12.6. The van der Waals surface area contributed by atoms with Crippen LogP contribution in [-0.2, 0) is 25.7 Å². The van der Waals surface area contributed by atoms with Crippen LogP contribution in [0.5, 0.6) is 0 Å². The van der Waals surface area contributed by atoms with Crippen LogP contribution in [0, 0.1) is 17.8 Å². The Hall–Kier alpha value is -3.14. The van der Waals surface area contributed by atoms with Crippen molar-refractivity contribution < 1.29 is 29.0 Å². The quantitative estimate of drug-likeness (QED) is 0.275. The molecule has 1 fully saturated rings. The number of hydrogen-bond donors (Lipinski definition) is 5. The Morgan fingerprint density at radius 3 is 2.31 bits per heavy atom. The third kappa shape index (κ3) is 9.49. The van der Waals surface area contributed by atoms with Gasteiger partial charge in [0.15, 0.2) is 0 Å². The Morgan fingerprint density at radius 1 is 1.06 bits per heavy atom. The molecular formula is C26H40N4O6. The second kappa shape index (κ2) is 14.4. The number of aliphatic hydroxyl groups excluding tert-OH is 1. The van der Waals surface area contributed by atoms with E-state index in [4.69, 9.17) is 4.74 Å². The molecule has 0 spiro atoms. The van der Waals surface area contributed by atoms with Crippen LogP contribution in [0.4, 0.5) is 4.79 Å². The Bertz CT molecular complexity index is 876. The fourth-order valence-electron chi connectivity index (χ4n) is 4.09. The molecule has 10 nitrogen and oxygen atoms in total. The average molecular weight is 505 g/mol. The molecule has 0 radical (unpaired) electrons. The van der Waals surface area contributed by atoms with Gasteiger partial charge in [0, 0.05) is 12.5 Å². The van der Waals surface area contributed by atoms with Gasteiger partial charge in [-0.3, -0.25) is 14.4 Å². The molecule has 1 aromatic rings. The van der Waals surface area contributed by atoms with Crippen LogP contribution in [-0.4, -0.2) is 60.2 Å². The highest BCUT2D eigenvalue weighted by molar-refractivity contribution is 5.91. The summed E-state index contributed by atoms with van der Waals surface area (Å²) in [6.07, 6.45) is 0.607. The van der Waals surface area contributed by atoms with Gasteiger partial charge in [-0.2, -0.15) is 0 Å². The van der Waals surface area contributed by atoms with Gasteiger partial charge in [-0.1, -0.05) is 58.0 Å². The zero-order chi connectivity index (χ0) is 26.7. The second-order valence-electron chi connectivity index (χ2n) is 10.0. The fourth-order valence-corrected chi connectivity index (χ4v) is 4.09. The smallest absolute Gasteiger partial charge is 0.408 e. The molecule has 200 valence electrons. The molecule has 0 aliphatic carbocycles. The van der Waals surface area contributed by atoms with Crippen molar-refractivity contribution in [2.24, 2.45) is 17.8 Å². The van der Waals surface area contributed by atoms with E-state index in [1.54, 1.807) is 13.8 Å². The van der Waals surface area contributed by atoms with Crippen molar-refractivity contribution in [1.29, 1.82) is 0 Å². The van der Waals surface area contributed by atoms with Crippen LogP contribution in [0.15, 0.2) is 30.3 Å². The number of ether oxygens (including phenoxy) is 1. The molecule has 2 rings (SSSR count). The molecule has 5 N–H and O–H groups in total. The van der Waals surface area contributed by atoms with Crippen molar-refractivity contribution in [3.8, 4) is 0 Å². The molecule has 0 aromatic heterocycles. The number of aliphatic hydroxyl groups is 1. The topological polar surface area (TPSA) is 146 Å². The van der Waals surface area contributed by atoms with E-state index in [1.165, 1.54) is 0 Å². The minimum atomic E-state index is -0.911. The van der Waals surface area contributed by atoms with Gasteiger partial charge in [-0.15, -0.1) is 0 Å². The lowest BCUT2D eigenvalue weighted by Gasteiger charge is -2.27. The number of amides is 4. The van der Waals surface area contributed by atoms with E-state index in [0.29, 0.717) is 25.8 Å². The Morgan fingerprint density at radius 2 is 1.75 bits per heavy atom. The summed E-state index contributed by atoms with van der Waals surface area (Å²) in [5, 5.41) is 20.6. The molecule has 1 unspecified atom stereocenters. The number of carbonyl (C=O) groups excluding carboxylic acids is 4. The molecular weight excluding hydrogens is 464 g/mol. The predicted molar refractivity (Wildman–Crippen MR) is 135 cm³/mol. The lowest BCUT2D eigenvalue weighted by Crippen LogP contribution is -2.57. The SMILES string of the molecule is CC(C)C[C@H](NC(=O)[C@@H](NC(=O)OCc1ccccc1)C(C)C)C(=O)NC(CO)C[C@@H]1CCNC1=O. The summed E-state index contributed by atoms with van der Waals surface area (Å²) in [4.78, 5) is 50.4. The monoisotopic (exact) mass is 504 g/mol. The highest BCUT2D eigenvalue weighted by atomic mass is 16.5. The maximum Gasteiger partial charge on any atom is 0.408 e. The third-order valence-electron chi connectivity index (χ3n) is 6.07. The molecule has 1 aliphatic rings. The van der Waals surface area contributed by atoms with Gasteiger partial charge in [0.1, 0.15) is 18.7 Å². The number of nitrogens with one attached hydrogen (secondary N) is 4. The number of rotatable bonds is 13. The second-order valence-corrected chi connectivity index (χ2v) is 10.0. The summed E-state index contributed by atoms with van der Waals surface area (Å²) in [6.45, 7) is 7.76. The summed E-state index contributed by atoms with van der Waals surface area (Å²) in [5.41, 5.74) is 0.820. The van der Waals surface area contributed by atoms with Gasteiger partial charge in [0.2, 0.25) is 17.7 Å². The molecule has 1 heterocycles. The molecule has 4 amide bonds. The van der Waals surface area contributed by atoms with Gasteiger partial charge in [0.05, 0.1) is 12.6 Å². The highest BCUT2D eigenvalue weighted by Crippen LogP contribution is 2.16. The standard InChI is InChI=1S/C26H40N4O6/c1-16(2)12-21(24(33)28-20(14-31)13-19-10-11-27-23(19)32)29-25(34)22(17(3)4)30-26(35)36-15-18-8-6-5-7-9-18/h5-9,16-17,19-22,31H,10-15H2,1-4H3,(H,27,32)(H,28,33)(H,29,34)(H,30,35)/t19-,20?,21-,22-/m0/s1. The van der Waals surface area contributed by atoms with Crippen LogP contribution < -0.4 is 21.3 Å². The van der Waals surface area contributed by atoms with Crippen LogP contribution in [0.3, 0.4) is 0 Å². The van der Waals surface area contributed by atoms with E-state index < -0.39 is 36.0 Å². The maximum atomic E-state index is 13.1. The molecule has 1 aromatic carbocycles. The molecule has 1 saturated heterocycles. The van der Waals surface area contributed by atoms with Gasteiger partial charge < -0.3 is 31.1 Å². The van der Waals surface area contributed by atoms with Crippen LogP contribution in [0.1, 0.15) is 52.5 Å². The molecule has 4 atom stereocenters. The van der Waals surface area contributed by atoms with Gasteiger partial charge in [0.25, 0.3) is 0 Å². The first-order chi connectivity index (χ1) is 17.1. The van der Waals surface area contributed by atoms with Crippen molar-refractivity contribution in [3.63, 3.8) is 0 Å². The van der Waals surface area contributed by atoms with Crippen LogP contribution in [0.25, 0.3) is 0 Å². The summed E-state index contributed by atoms with van der Waals surface area (Å²) in [7, 11) is 0. The number of alkyl carbamates (subject to hydrolysis) is 1. The normalized spacial score (nSPS) is 17.8. The van der Waals surface area contributed by atoms with Crippen molar-refractivity contribution in [3.05, 3.63) is 35.9 Å². The van der Waals surface area contributed by atoms with Gasteiger partial charge in [-0.05, 0) is 36.7 Å². The van der Waals surface area contributed by atoms with Crippen molar-refractivity contribution in [1.82, 2.24) is 21.3 Å². The third-order valence-corrected chi connectivity index (χ3v) is 6.07. The van der Waals surface area contributed by atoms with E-state index in [-0.39, 0.29) is 36.9 Å². The average Bonchev–Trinajstić information content (AvgIpc) is 3.24. The molecule has 0 saturated carbocycles. The van der Waals surface area contributed by atoms with Gasteiger partial charge >= 0.3 is 6.09 Å². The lowest BCUT2D eigenvalue weighted by atomic mass is 9.97. The van der Waals surface area contributed by atoms with Crippen LogP contribution >= 0.6 is 0 Å². The minimum absolute atomic E-state index is 0.0685. The first-order valence-electron chi connectivity index (χ1n) is 12.6.